The van der Waals surface area contributed by atoms with Gasteiger partial charge in [0.05, 0.1) is 11.9 Å². The average Bonchev–Trinajstić information content (AvgIpc) is 2.63. The summed E-state index contributed by atoms with van der Waals surface area (Å²) in [4.78, 5) is 19.4. The van der Waals surface area contributed by atoms with E-state index >= 15 is 0 Å². The molecule has 2 aliphatic heterocycles. The first-order valence-electron chi connectivity index (χ1n) is 8.52. The lowest BCUT2D eigenvalue weighted by atomic mass is 9.91. The second kappa shape index (κ2) is 10.2. The number of nitrogens with one attached hydrogen (secondary N) is 2. The Balaban J connectivity index is 0.00000156. The minimum atomic E-state index is -0.725. The molecule has 25 heavy (non-hydrogen) atoms. The molecule has 1 aromatic heterocycles. The van der Waals surface area contributed by atoms with Gasteiger partial charge in [0.2, 0.25) is 0 Å². The molecule has 0 spiro atoms. The highest BCUT2D eigenvalue weighted by Gasteiger charge is 2.39. The summed E-state index contributed by atoms with van der Waals surface area (Å²) in [5.41, 5.74) is 0.00211. The molecule has 0 atom stereocenters. The van der Waals surface area contributed by atoms with Crippen LogP contribution in [-0.4, -0.2) is 49.8 Å². The molecule has 2 N–H and O–H groups in total. The average molecular weight is 391 g/mol. The highest BCUT2D eigenvalue weighted by Crippen LogP contribution is 2.25. The van der Waals surface area contributed by atoms with E-state index in [1.54, 1.807) is 13.3 Å². The van der Waals surface area contributed by atoms with Crippen LogP contribution in [0, 0.1) is 0 Å². The van der Waals surface area contributed by atoms with Gasteiger partial charge in [-0.3, -0.25) is 4.79 Å². The fraction of sp³-hybridized carbons (Fsp3) is 0.647. The molecule has 3 heterocycles. The summed E-state index contributed by atoms with van der Waals surface area (Å²) in [6.07, 6.45) is 6.88. The van der Waals surface area contributed by atoms with Gasteiger partial charge >= 0.3 is 0 Å². The normalized spacial score (nSPS) is 19.3. The maximum Gasteiger partial charge on any atom is 0.256 e. The molecule has 6 nitrogen and oxygen atoms in total. The maximum absolute atomic E-state index is 12.6. The van der Waals surface area contributed by atoms with Crippen molar-refractivity contribution in [2.24, 2.45) is 0 Å². The molecule has 0 radical (unpaired) electrons. The lowest BCUT2D eigenvalue weighted by Gasteiger charge is -2.34. The van der Waals surface area contributed by atoms with Crippen LogP contribution in [0.1, 0.15) is 32.1 Å². The predicted molar refractivity (Wildman–Crippen MR) is 105 cm³/mol. The van der Waals surface area contributed by atoms with Crippen molar-refractivity contribution in [1.29, 1.82) is 0 Å². The number of hydrogen-bond donors (Lipinski definition) is 2. The van der Waals surface area contributed by atoms with Crippen LogP contribution in [0.2, 0.25) is 0 Å². The predicted octanol–water partition coefficient (Wildman–Crippen LogP) is 2.62. The van der Waals surface area contributed by atoms with Gasteiger partial charge < -0.3 is 20.3 Å². The van der Waals surface area contributed by atoms with E-state index in [-0.39, 0.29) is 30.7 Å². The summed E-state index contributed by atoms with van der Waals surface area (Å²) >= 11 is 0. The van der Waals surface area contributed by atoms with Gasteiger partial charge in [0.1, 0.15) is 11.4 Å². The van der Waals surface area contributed by atoms with Gasteiger partial charge in [-0.05, 0) is 57.3 Å². The second-order valence-corrected chi connectivity index (χ2v) is 6.36. The number of methoxy groups -OCH3 is 1. The molecular formula is C17H28Cl2N4O2. The highest BCUT2D eigenvalue weighted by atomic mass is 35.5. The van der Waals surface area contributed by atoms with Gasteiger partial charge in [-0.15, -0.1) is 24.8 Å². The molecular weight excluding hydrogens is 363 g/mol. The van der Waals surface area contributed by atoms with Crippen LogP contribution >= 0.6 is 24.8 Å². The van der Waals surface area contributed by atoms with Crippen molar-refractivity contribution in [3.8, 4) is 0 Å². The zero-order valence-electron chi connectivity index (χ0n) is 14.6. The Hall–Kier alpha value is -1.08. The van der Waals surface area contributed by atoms with Crippen molar-refractivity contribution in [3.05, 3.63) is 18.3 Å². The monoisotopic (exact) mass is 390 g/mol. The minimum Gasteiger partial charge on any atom is -0.368 e. The van der Waals surface area contributed by atoms with E-state index in [0.29, 0.717) is 12.8 Å². The smallest absolute Gasteiger partial charge is 0.256 e. The lowest BCUT2D eigenvalue weighted by Crippen LogP contribution is -2.51. The van der Waals surface area contributed by atoms with Crippen LogP contribution < -0.4 is 15.5 Å². The van der Waals surface area contributed by atoms with Crippen LogP contribution in [0.3, 0.4) is 0 Å². The first-order chi connectivity index (χ1) is 11.2. The minimum absolute atomic E-state index is 0. The fourth-order valence-corrected chi connectivity index (χ4v) is 3.37. The van der Waals surface area contributed by atoms with Gasteiger partial charge in [0, 0.05) is 20.2 Å². The molecule has 3 rings (SSSR count). The van der Waals surface area contributed by atoms with Gasteiger partial charge in [-0.1, -0.05) is 0 Å². The van der Waals surface area contributed by atoms with Crippen LogP contribution in [0.15, 0.2) is 18.3 Å². The molecule has 1 amide bonds. The first-order valence-corrected chi connectivity index (χ1v) is 8.52. The number of hydrogen-bond acceptors (Lipinski definition) is 5. The van der Waals surface area contributed by atoms with Gasteiger partial charge in [0.25, 0.3) is 5.91 Å². The Morgan fingerprint density at radius 3 is 2.44 bits per heavy atom. The fourth-order valence-electron chi connectivity index (χ4n) is 3.37. The van der Waals surface area contributed by atoms with Crippen LogP contribution in [0.4, 0.5) is 11.5 Å². The van der Waals surface area contributed by atoms with Gasteiger partial charge in [0.15, 0.2) is 0 Å². The number of amides is 1. The van der Waals surface area contributed by atoms with Gasteiger partial charge in [-0.25, -0.2) is 4.98 Å². The first kappa shape index (κ1) is 22.0. The molecule has 2 aliphatic rings. The largest absolute Gasteiger partial charge is 0.368 e. The number of piperidine rings is 2. The third kappa shape index (κ3) is 5.20. The highest BCUT2D eigenvalue weighted by molar-refractivity contribution is 5.97. The third-order valence-corrected chi connectivity index (χ3v) is 4.90. The number of carbonyl (C=O) groups is 1. The molecule has 0 aliphatic carbocycles. The van der Waals surface area contributed by atoms with Crippen LogP contribution in [-0.2, 0) is 9.53 Å². The van der Waals surface area contributed by atoms with E-state index in [0.717, 1.165) is 37.7 Å². The number of nitrogens with zero attached hydrogens (tertiary/aromatic N) is 2. The van der Waals surface area contributed by atoms with Crippen LogP contribution in [0.5, 0.6) is 0 Å². The molecule has 8 heteroatoms. The van der Waals surface area contributed by atoms with E-state index in [4.69, 9.17) is 4.74 Å². The molecule has 1 aromatic rings. The van der Waals surface area contributed by atoms with Crippen molar-refractivity contribution in [3.63, 3.8) is 0 Å². The second-order valence-electron chi connectivity index (χ2n) is 6.36. The van der Waals surface area contributed by atoms with Crippen LogP contribution in [0.25, 0.3) is 0 Å². The third-order valence-electron chi connectivity index (χ3n) is 4.90. The molecule has 0 unspecified atom stereocenters. The summed E-state index contributed by atoms with van der Waals surface area (Å²) in [5.74, 6) is 0.917. The van der Waals surface area contributed by atoms with E-state index in [1.807, 2.05) is 12.1 Å². The summed E-state index contributed by atoms with van der Waals surface area (Å²) in [5, 5.41) is 6.22. The quantitative estimate of drug-likeness (QED) is 0.826. The standard InChI is InChI=1S/C17H26N4O2.2ClH/c1-23-17(7-9-18-10-8-17)16(22)20-14-5-6-15(19-13-14)21-11-3-2-4-12-21;;/h5-6,13,18H,2-4,7-12H2,1H3,(H,20,22);2*1H. The lowest BCUT2D eigenvalue weighted by molar-refractivity contribution is -0.140. The Kier molecular flexibility index (Phi) is 8.93. The molecule has 2 fully saturated rings. The van der Waals surface area contributed by atoms with Crippen molar-refractivity contribution < 1.29 is 9.53 Å². The number of carbonyl (C=O) groups excluding carboxylic acids is 1. The summed E-state index contributed by atoms with van der Waals surface area (Å²) in [6.45, 7) is 3.73. The zero-order chi connectivity index (χ0) is 16.1. The Morgan fingerprint density at radius 2 is 1.88 bits per heavy atom. The van der Waals surface area contributed by atoms with Gasteiger partial charge in [-0.2, -0.15) is 0 Å². The molecule has 2 saturated heterocycles. The molecule has 0 saturated carbocycles. The van der Waals surface area contributed by atoms with E-state index < -0.39 is 5.60 Å². The Morgan fingerprint density at radius 1 is 1.20 bits per heavy atom. The van der Waals surface area contributed by atoms with E-state index in [1.165, 1.54) is 19.3 Å². The number of anilines is 2. The summed E-state index contributed by atoms with van der Waals surface area (Å²) in [7, 11) is 1.61. The van der Waals surface area contributed by atoms with Crippen molar-refractivity contribution in [2.75, 3.05) is 43.5 Å². The number of rotatable bonds is 4. The maximum atomic E-state index is 12.6. The summed E-state index contributed by atoms with van der Waals surface area (Å²) in [6, 6.07) is 3.92. The van der Waals surface area contributed by atoms with Crippen molar-refractivity contribution in [1.82, 2.24) is 10.3 Å². The SMILES string of the molecule is COC1(C(=O)Nc2ccc(N3CCCCC3)nc2)CCNCC1.Cl.Cl. The molecule has 0 bridgehead atoms. The van der Waals surface area contributed by atoms with Crippen molar-refractivity contribution in [2.45, 2.75) is 37.7 Å². The topological polar surface area (TPSA) is 66.5 Å². The number of halogens is 2. The molecule has 0 aromatic carbocycles. The number of pyridine rings is 1. The van der Waals surface area contributed by atoms with E-state index in [9.17, 15) is 4.79 Å². The Bertz CT molecular complexity index is 530. The molecule has 142 valence electrons. The summed E-state index contributed by atoms with van der Waals surface area (Å²) < 4.78 is 5.55. The number of ether oxygens (including phenoxy) is 1. The van der Waals surface area contributed by atoms with E-state index in [2.05, 4.69) is 20.5 Å². The number of aromatic nitrogens is 1. The van der Waals surface area contributed by atoms with Crippen molar-refractivity contribution >= 4 is 42.2 Å². The zero-order valence-corrected chi connectivity index (χ0v) is 16.3. The Labute approximate surface area is 161 Å².